The Kier molecular flexibility index (Phi) is 5.79. The molecule has 1 heterocycles. The Labute approximate surface area is 153 Å². The fraction of sp³-hybridized carbons (Fsp3) is 0.316. The predicted molar refractivity (Wildman–Crippen MR) is 101 cm³/mol. The van der Waals surface area contributed by atoms with Crippen molar-refractivity contribution in [1.82, 2.24) is 0 Å². The van der Waals surface area contributed by atoms with Crippen molar-refractivity contribution in [3.05, 3.63) is 53.6 Å². The monoisotopic (exact) mass is 360 g/mol. The minimum atomic E-state index is -0.00570. The molecule has 0 aliphatic carbocycles. The van der Waals surface area contributed by atoms with E-state index < -0.39 is 0 Å². The molecule has 132 valence electrons. The molecule has 1 fully saturated rings. The van der Waals surface area contributed by atoms with E-state index >= 15 is 0 Å². The summed E-state index contributed by atoms with van der Waals surface area (Å²) in [7, 11) is 1.69. The van der Waals surface area contributed by atoms with Gasteiger partial charge in [-0.05, 0) is 24.3 Å². The minimum Gasteiger partial charge on any atom is -0.495 e. The number of nitrogens with one attached hydrogen (secondary N) is 2. The van der Waals surface area contributed by atoms with E-state index in [0.717, 1.165) is 37.6 Å². The SMILES string of the molecule is COc1ccccc1N1CC[NH+](CC(=O)Nc2ccccc2Cl)CC1. The maximum atomic E-state index is 12.3. The zero-order chi connectivity index (χ0) is 17.6. The average molecular weight is 361 g/mol. The molecule has 1 saturated heterocycles. The number of hydrogen-bond acceptors (Lipinski definition) is 3. The van der Waals surface area contributed by atoms with Gasteiger partial charge in [0.25, 0.3) is 5.91 Å². The molecule has 2 aromatic carbocycles. The molecule has 25 heavy (non-hydrogen) atoms. The van der Waals surface area contributed by atoms with Gasteiger partial charge in [-0.15, -0.1) is 0 Å². The van der Waals surface area contributed by atoms with E-state index in [9.17, 15) is 4.79 Å². The van der Waals surface area contributed by atoms with Gasteiger partial charge in [-0.25, -0.2) is 0 Å². The third-order valence-electron chi connectivity index (χ3n) is 4.45. The van der Waals surface area contributed by atoms with Crippen LogP contribution in [0.5, 0.6) is 5.75 Å². The van der Waals surface area contributed by atoms with E-state index in [1.54, 1.807) is 13.2 Å². The van der Waals surface area contributed by atoms with Crippen LogP contribution in [0, 0.1) is 0 Å². The summed E-state index contributed by atoms with van der Waals surface area (Å²) in [5, 5.41) is 3.46. The van der Waals surface area contributed by atoms with Crippen LogP contribution in [-0.2, 0) is 4.79 Å². The summed E-state index contributed by atoms with van der Waals surface area (Å²) in [4.78, 5) is 15.8. The fourth-order valence-corrected chi connectivity index (χ4v) is 3.30. The number of anilines is 2. The standard InChI is InChI=1S/C19H22ClN3O2/c1-25-18-9-5-4-8-17(18)23-12-10-22(11-13-23)14-19(24)21-16-7-3-2-6-15(16)20/h2-9H,10-14H2,1H3,(H,21,24)/p+1. The lowest BCUT2D eigenvalue weighted by molar-refractivity contribution is -0.892. The van der Waals surface area contributed by atoms with Gasteiger partial charge in [0.2, 0.25) is 0 Å². The molecule has 1 aliphatic rings. The molecule has 0 saturated carbocycles. The molecule has 0 unspecified atom stereocenters. The molecule has 2 aromatic rings. The quantitative estimate of drug-likeness (QED) is 0.853. The summed E-state index contributed by atoms with van der Waals surface area (Å²) < 4.78 is 5.44. The van der Waals surface area contributed by atoms with Crippen LogP contribution in [0.2, 0.25) is 5.02 Å². The first kappa shape index (κ1) is 17.6. The second kappa shape index (κ2) is 8.23. The normalized spacial score (nSPS) is 15.0. The van der Waals surface area contributed by atoms with Crippen LogP contribution < -0.4 is 19.9 Å². The van der Waals surface area contributed by atoms with Gasteiger partial charge in [0.15, 0.2) is 6.54 Å². The molecule has 0 bridgehead atoms. The van der Waals surface area contributed by atoms with Gasteiger partial charge >= 0.3 is 0 Å². The fourth-order valence-electron chi connectivity index (χ4n) is 3.12. The number of carbonyl (C=O) groups is 1. The molecule has 0 radical (unpaired) electrons. The predicted octanol–water partition coefficient (Wildman–Crippen LogP) is 1.69. The molecule has 6 heteroatoms. The zero-order valence-electron chi connectivity index (χ0n) is 14.3. The van der Waals surface area contributed by atoms with Crippen molar-refractivity contribution in [2.45, 2.75) is 0 Å². The van der Waals surface area contributed by atoms with E-state index in [1.807, 2.05) is 36.4 Å². The van der Waals surface area contributed by atoms with Crippen molar-refractivity contribution in [1.29, 1.82) is 0 Å². The highest BCUT2D eigenvalue weighted by molar-refractivity contribution is 6.33. The van der Waals surface area contributed by atoms with Crippen LogP contribution in [0.1, 0.15) is 0 Å². The van der Waals surface area contributed by atoms with E-state index in [0.29, 0.717) is 17.3 Å². The summed E-state index contributed by atoms with van der Waals surface area (Å²) in [6.45, 7) is 4.07. The number of quaternary nitrogens is 1. The highest BCUT2D eigenvalue weighted by atomic mass is 35.5. The van der Waals surface area contributed by atoms with Gasteiger partial charge in [-0.1, -0.05) is 35.9 Å². The van der Waals surface area contributed by atoms with Crippen LogP contribution in [0.25, 0.3) is 0 Å². The molecule has 1 aliphatic heterocycles. The Morgan fingerprint density at radius 1 is 1.16 bits per heavy atom. The molecule has 1 amide bonds. The summed E-state index contributed by atoms with van der Waals surface area (Å²) in [5.74, 6) is 0.885. The average Bonchev–Trinajstić information content (AvgIpc) is 2.64. The number of amides is 1. The second-order valence-electron chi connectivity index (χ2n) is 6.11. The molecule has 5 nitrogen and oxygen atoms in total. The molecule has 0 atom stereocenters. The Balaban J connectivity index is 1.52. The van der Waals surface area contributed by atoms with Crippen molar-refractivity contribution in [3.63, 3.8) is 0 Å². The lowest BCUT2D eigenvalue weighted by atomic mass is 10.2. The molecule has 0 aromatic heterocycles. The Morgan fingerprint density at radius 2 is 1.84 bits per heavy atom. The van der Waals surface area contributed by atoms with Gasteiger partial charge in [0.1, 0.15) is 5.75 Å². The number of carbonyl (C=O) groups excluding carboxylic acids is 1. The van der Waals surface area contributed by atoms with Gasteiger partial charge < -0.3 is 19.9 Å². The number of ether oxygens (including phenoxy) is 1. The van der Waals surface area contributed by atoms with Gasteiger partial charge in [-0.3, -0.25) is 4.79 Å². The second-order valence-corrected chi connectivity index (χ2v) is 6.52. The lowest BCUT2D eigenvalue weighted by Crippen LogP contribution is -3.15. The van der Waals surface area contributed by atoms with Crippen LogP contribution in [0.15, 0.2) is 48.5 Å². The van der Waals surface area contributed by atoms with E-state index in [-0.39, 0.29) is 5.91 Å². The molecule has 3 rings (SSSR count). The number of hydrogen-bond donors (Lipinski definition) is 2. The summed E-state index contributed by atoms with van der Waals surface area (Å²) in [6, 6.07) is 15.3. The molecule has 0 spiro atoms. The number of methoxy groups -OCH3 is 1. The molecular formula is C19H23ClN3O2+. The summed E-state index contributed by atoms with van der Waals surface area (Å²) in [5.41, 5.74) is 1.78. The van der Waals surface area contributed by atoms with Gasteiger partial charge in [0, 0.05) is 0 Å². The van der Waals surface area contributed by atoms with E-state index in [1.165, 1.54) is 4.90 Å². The van der Waals surface area contributed by atoms with Crippen molar-refractivity contribution in [2.75, 3.05) is 50.1 Å². The van der Waals surface area contributed by atoms with Crippen LogP contribution >= 0.6 is 11.6 Å². The third kappa shape index (κ3) is 4.44. The van der Waals surface area contributed by atoms with Crippen LogP contribution in [-0.4, -0.2) is 45.7 Å². The van der Waals surface area contributed by atoms with Gasteiger partial charge in [0.05, 0.1) is 49.7 Å². The number of benzene rings is 2. The summed E-state index contributed by atoms with van der Waals surface area (Å²) >= 11 is 6.09. The number of rotatable bonds is 5. The third-order valence-corrected chi connectivity index (χ3v) is 4.78. The smallest absolute Gasteiger partial charge is 0.279 e. The highest BCUT2D eigenvalue weighted by Crippen LogP contribution is 2.27. The largest absolute Gasteiger partial charge is 0.495 e. The van der Waals surface area contributed by atoms with Crippen molar-refractivity contribution < 1.29 is 14.4 Å². The Morgan fingerprint density at radius 3 is 2.56 bits per heavy atom. The van der Waals surface area contributed by atoms with Crippen molar-refractivity contribution in [3.8, 4) is 5.75 Å². The van der Waals surface area contributed by atoms with E-state index in [2.05, 4.69) is 16.3 Å². The summed E-state index contributed by atoms with van der Waals surface area (Å²) in [6.07, 6.45) is 0. The lowest BCUT2D eigenvalue weighted by Gasteiger charge is -2.34. The first-order valence-electron chi connectivity index (χ1n) is 8.43. The Bertz CT molecular complexity index is 730. The number of nitrogens with zero attached hydrogens (tertiary/aromatic N) is 1. The zero-order valence-corrected chi connectivity index (χ0v) is 15.1. The Hall–Kier alpha value is -2.24. The molecular weight excluding hydrogens is 338 g/mol. The number of halogens is 1. The first-order valence-corrected chi connectivity index (χ1v) is 8.81. The number of piperazine rings is 1. The van der Waals surface area contributed by atoms with Crippen molar-refractivity contribution in [2.24, 2.45) is 0 Å². The minimum absolute atomic E-state index is 0.00570. The first-order chi connectivity index (χ1) is 12.2. The van der Waals surface area contributed by atoms with Crippen LogP contribution in [0.4, 0.5) is 11.4 Å². The topological polar surface area (TPSA) is 46.0 Å². The highest BCUT2D eigenvalue weighted by Gasteiger charge is 2.24. The van der Waals surface area contributed by atoms with E-state index in [4.69, 9.17) is 16.3 Å². The van der Waals surface area contributed by atoms with Crippen molar-refractivity contribution >= 4 is 28.9 Å². The maximum Gasteiger partial charge on any atom is 0.279 e. The van der Waals surface area contributed by atoms with Crippen LogP contribution in [0.3, 0.4) is 0 Å². The maximum absolute atomic E-state index is 12.3. The molecule has 2 N–H and O–H groups in total. The number of para-hydroxylation sites is 3. The van der Waals surface area contributed by atoms with Gasteiger partial charge in [-0.2, -0.15) is 0 Å².